The number of hydrogen-bond acceptors (Lipinski definition) is 4. The van der Waals surface area contributed by atoms with Crippen LogP contribution in [-0.2, 0) is 6.42 Å². The molecule has 0 saturated carbocycles. The van der Waals surface area contributed by atoms with Gasteiger partial charge in [0.25, 0.3) is 0 Å². The van der Waals surface area contributed by atoms with E-state index in [1.807, 2.05) is 13.0 Å². The molecule has 0 amide bonds. The zero-order valence-corrected chi connectivity index (χ0v) is 8.57. The quantitative estimate of drug-likeness (QED) is 0.768. The fourth-order valence-electron chi connectivity index (χ4n) is 1.43. The highest BCUT2D eigenvalue weighted by Crippen LogP contribution is 2.18. The fourth-order valence-corrected chi connectivity index (χ4v) is 1.43. The van der Waals surface area contributed by atoms with Crippen molar-refractivity contribution in [3.8, 4) is 11.3 Å². The normalized spacial score (nSPS) is 10.5. The minimum absolute atomic E-state index is 0.617. The zero-order chi connectivity index (χ0) is 10.7. The Bertz CT molecular complexity index is 449. The van der Waals surface area contributed by atoms with Crippen molar-refractivity contribution in [2.24, 2.45) is 5.73 Å². The fraction of sp³-hybridized carbons (Fsp3) is 0.300. The van der Waals surface area contributed by atoms with Crippen LogP contribution in [0.25, 0.3) is 11.3 Å². The lowest BCUT2D eigenvalue weighted by Gasteiger charge is -1.97. The van der Waals surface area contributed by atoms with Crippen LogP contribution in [0.4, 0.5) is 0 Å². The first-order valence-electron chi connectivity index (χ1n) is 4.82. The average Bonchev–Trinajstić information content (AvgIpc) is 2.68. The first-order chi connectivity index (χ1) is 7.31. The summed E-state index contributed by atoms with van der Waals surface area (Å²) in [5.74, 6) is 0. The van der Waals surface area contributed by atoms with Crippen molar-refractivity contribution in [3.05, 3.63) is 30.0 Å². The SMILES string of the molecule is Cc1ncncc1-c1cc(CCN)[nH]n1. The highest BCUT2D eigenvalue weighted by molar-refractivity contribution is 5.60. The molecular weight excluding hydrogens is 190 g/mol. The molecule has 0 fully saturated rings. The minimum atomic E-state index is 0.617. The summed E-state index contributed by atoms with van der Waals surface area (Å²) in [6, 6.07) is 1.98. The molecule has 2 heterocycles. The maximum absolute atomic E-state index is 5.47. The van der Waals surface area contributed by atoms with Gasteiger partial charge in [-0.05, 0) is 19.5 Å². The molecule has 0 aliphatic heterocycles. The van der Waals surface area contributed by atoms with Crippen LogP contribution < -0.4 is 5.73 Å². The second kappa shape index (κ2) is 4.18. The molecule has 0 aliphatic rings. The van der Waals surface area contributed by atoms with Crippen LogP contribution >= 0.6 is 0 Å². The van der Waals surface area contributed by atoms with Crippen molar-refractivity contribution in [1.29, 1.82) is 0 Å². The molecule has 2 aromatic rings. The van der Waals surface area contributed by atoms with E-state index in [2.05, 4.69) is 20.2 Å². The number of hydrogen-bond donors (Lipinski definition) is 2. The number of aromatic amines is 1. The maximum Gasteiger partial charge on any atom is 0.115 e. The van der Waals surface area contributed by atoms with Gasteiger partial charge in [0.1, 0.15) is 6.33 Å². The van der Waals surface area contributed by atoms with E-state index in [0.29, 0.717) is 6.54 Å². The summed E-state index contributed by atoms with van der Waals surface area (Å²) in [4.78, 5) is 8.11. The van der Waals surface area contributed by atoms with Gasteiger partial charge in [-0.2, -0.15) is 5.10 Å². The Labute approximate surface area is 87.8 Å². The molecule has 78 valence electrons. The van der Waals surface area contributed by atoms with Crippen LogP contribution in [0.15, 0.2) is 18.6 Å². The molecule has 5 heteroatoms. The highest BCUT2D eigenvalue weighted by atomic mass is 15.1. The van der Waals surface area contributed by atoms with Crippen LogP contribution in [0.1, 0.15) is 11.4 Å². The first-order valence-corrected chi connectivity index (χ1v) is 4.82. The van der Waals surface area contributed by atoms with E-state index in [4.69, 9.17) is 5.73 Å². The lowest BCUT2D eigenvalue weighted by Crippen LogP contribution is -2.02. The number of H-pyrrole nitrogens is 1. The van der Waals surface area contributed by atoms with E-state index >= 15 is 0 Å². The van der Waals surface area contributed by atoms with Crippen LogP contribution in [0.3, 0.4) is 0 Å². The van der Waals surface area contributed by atoms with Crippen molar-refractivity contribution in [3.63, 3.8) is 0 Å². The summed E-state index contributed by atoms with van der Waals surface area (Å²) >= 11 is 0. The molecule has 0 saturated heterocycles. The zero-order valence-electron chi connectivity index (χ0n) is 8.57. The van der Waals surface area contributed by atoms with E-state index in [0.717, 1.165) is 29.1 Å². The number of aryl methyl sites for hydroxylation is 1. The predicted octanol–water partition coefficient (Wildman–Crippen LogP) is 0.676. The van der Waals surface area contributed by atoms with Crippen molar-refractivity contribution in [1.82, 2.24) is 20.2 Å². The number of nitrogens with two attached hydrogens (primary N) is 1. The molecular formula is C10H13N5. The predicted molar refractivity (Wildman–Crippen MR) is 57.1 cm³/mol. The average molecular weight is 203 g/mol. The molecule has 0 aromatic carbocycles. The monoisotopic (exact) mass is 203 g/mol. The van der Waals surface area contributed by atoms with Crippen LogP contribution in [0.2, 0.25) is 0 Å². The smallest absolute Gasteiger partial charge is 0.115 e. The van der Waals surface area contributed by atoms with Gasteiger partial charge in [0.15, 0.2) is 0 Å². The Balaban J connectivity index is 2.33. The van der Waals surface area contributed by atoms with E-state index in [-0.39, 0.29) is 0 Å². The van der Waals surface area contributed by atoms with Gasteiger partial charge in [0, 0.05) is 23.9 Å². The van der Waals surface area contributed by atoms with Crippen molar-refractivity contribution in [2.75, 3.05) is 6.54 Å². The Morgan fingerprint density at radius 2 is 2.33 bits per heavy atom. The lowest BCUT2D eigenvalue weighted by molar-refractivity contribution is 0.901. The minimum Gasteiger partial charge on any atom is -0.330 e. The largest absolute Gasteiger partial charge is 0.330 e. The summed E-state index contributed by atoms with van der Waals surface area (Å²) < 4.78 is 0. The summed E-state index contributed by atoms with van der Waals surface area (Å²) in [5, 5.41) is 7.15. The summed E-state index contributed by atoms with van der Waals surface area (Å²) in [7, 11) is 0. The van der Waals surface area contributed by atoms with Gasteiger partial charge >= 0.3 is 0 Å². The van der Waals surface area contributed by atoms with Gasteiger partial charge in [0.05, 0.1) is 11.4 Å². The number of aromatic nitrogens is 4. The van der Waals surface area contributed by atoms with Crippen molar-refractivity contribution >= 4 is 0 Å². The summed E-state index contributed by atoms with van der Waals surface area (Å²) in [6.45, 7) is 2.56. The molecule has 0 radical (unpaired) electrons. The number of nitrogens with zero attached hydrogens (tertiary/aromatic N) is 3. The Hall–Kier alpha value is -1.75. The topological polar surface area (TPSA) is 80.5 Å². The summed E-state index contributed by atoms with van der Waals surface area (Å²) in [5.41, 5.74) is 9.26. The molecule has 0 aliphatic carbocycles. The van der Waals surface area contributed by atoms with E-state index < -0.39 is 0 Å². The number of nitrogens with one attached hydrogen (secondary N) is 1. The third kappa shape index (κ3) is 2.02. The molecule has 5 nitrogen and oxygen atoms in total. The Morgan fingerprint density at radius 3 is 3.07 bits per heavy atom. The van der Waals surface area contributed by atoms with Gasteiger partial charge in [-0.1, -0.05) is 0 Å². The first kappa shape index (κ1) is 9.79. The molecule has 2 rings (SSSR count). The summed E-state index contributed by atoms with van der Waals surface area (Å²) in [6.07, 6.45) is 4.11. The van der Waals surface area contributed by atoms with Crippen LogP contribution in [0.5, 0.6) is 0 Å². The third-order valence-electron chi connectivity index (χ3n) is 2.23. The van der Waals surface area contributed by atoms with Crippen molar-refractivity contribution in [2.45, 2.75) is 13.3 Å². The van der Waals surface area contributed by atoms with Gasteiger partial charge in [-0.25, -0.2) is 9.97 Å². The van der Waals surface area contributed by atoms with Crippen LogP contribution in [0, 0.1) is 6.92 Å². The number of rotatable bonds is 3. The van der Waals surface area contributed by atoms with E-state index in [1.54, 1.807) is 6.20 Å². The molecule has 0 unspecified atom stereocenters. The second-order valence-corrected chi connectivity index (χ2v) is 3.34. The molecule has 0 spiro atoms. The van der Waals surface area contributed by atoms with Gasteiger partial charge in [-0.15, -0.1) is 0 Å². The van der Waals surface area contributed by atoms with Crippen molar-refractivity contribution < 1.29 is 0 Å². The molecule has 3 N–H and O–H groups in total. The Morgan fingerprint density at radius 1 is 1.47 bits per heavy atom. The van der Waals surface area contributed by atoms with Crippen LogP contribution in [-0.4, -0.2) is 26.7 Å². The van der Waals surface area contributed by atoms with E-state index in [9.17, 15) is 0 Å². The molecule has 0 bridgehead atoms. The highest BCUT2D eigenvalue weighted by Gasteiger charge is 2.06. The standard InChI is InChI=1S/C10H13N5/c1-7-9(5-12-6-13-7)10-4-8(2-3-11)14-15-10/h4-6H,2-3,11H2,1H3,(H,14,15). The van der Waals surface area contributed by atoms with E-state index in [1.165, 1.54) is 6.33 Å². The molecule has 15 heavy (non-hydrogen) atoms. The third-order valence-corrected chi connectivity index (χ3v) is 2.23. The van der Waals surface area contributed by atoms with Gasteiger partial charge in [-0.3, -0.25) is 5.10 Å². The molecule has 2 aromatic heterocycles. The van der Waals surface area contributed by atoms with Gasteiger partial charge < -0.3 is 5.73 Å². The Kier molecular flexibility index (Phi) is 2.73. The second-order valence-electron chi connectivity index (χ2n) is 3.34. The lowest BCUT2D eigenvalue weighted by atomic mass is 10.1. The molecule has 0 atom stereocenters. The van der Waals surface area contributed by atoms with Gasteiger partial charge in [0.2, 0.25) is 0 Å². The maximum atomic E-state index is 5.47.